The summed E-state index contributed by atoms with van der Waals surface area (Å²) in [5.74, 6) is 0. The van der Waals surface area contributed by atoms with Crippen molar-refractivity contribution in [2.24, 2.45) is 5.73 Å². The molecule has 1 unspecified atom stereocenters. The molecule has 0 fully saturated rings. The molecule has 3 nitrogen and oxygen atoms in total. The molecular formula is C12H14BrN3. The lowest BCUT2D eigenvalue weighted by molar-refractivity contribution is 0.809. The Balaban J connectivity index is 2.42. The lowest BCUT2D eigenvalue weighted by atomic mass is 10.1. The SMILES string of the molecule is Cc1cnn(-c2ccc(C(C)N)c(Br)c2)c1. The first-order valence-electron chi connectivity index (χ1n) is 5.14. The Morgan fingerprint density at radius 2 is 2.19 bits per heavy atom. The number of aryl methyl sites for hydroxylation is 1. The molecule has 0 spiro atoms. The number of hydrogen-bond acceptors (Lipinski definition) is 2. The molecule has 0 saturated carbocycles. The van der Waals surface area contributed by atoms with Crippen LogP contribution in [0.3, 0.4) is 0 Å². The van der Waals surface area contributed by atoms with E-state index in [1.807, 2.05) is 49.1 Å². The Morgan fingerprint density at radius 1 is 1.44 bits per heavy atom. The quantitative estimate of drug-likeness (QED) is 0.919. The summed E-state index contributed by atoms with van der Waals surface area (Å²) in [4.78, 5) is 0. The van der Waals surface area contributed by atoms with Crippen LogP contribution in [0.15, 0.2) is 35.1 Å². The van der Waals surface area contributed by atoms with Gasteiger partial charge in [0.05, 0.1) is 11.9 Å². The zero-order chi connectivity index (χ0) is 11.7. The van der Waals surface area contributed by atoms with Gasteiger partial charge >= 0.3 is 0 Å². The zero-order valence-electron chi connectivity index (χ0n) is 9.31. The predicted molar refractivity (Wildman–Crippen MR) is 68.6 cm³/mol. The fraction of sp³-hybridized carbons (Fsp3) is 0.250. The molecule has 0 aliphatic heterocycles. The molecular weight excluding hydrogens is 266 g/mol. The maximum Gasteiger partial charge on any atom is 0.0657 e. The van der Waals surface area contributed by atoms with Crippen molar-refractivity contribution >= 4 is 15.9 Å². The van der Waals surface area contributed by atoms with Crippen molar-refractivity contribution in [3.63, 3.8) is 0 Å². The number of nitrogens with zero attached hydrogens (tertiary/aromatic N) is 2. The highest BCUT2D eigenvalue weighted by molar-refractivity contribution is 9.10. The average molecular weight is 280 g/mol. The first kappa shape index (κ1) is 11.4. The van der Waals surface area contributed by atoms with Crippen molar-refractivity contribution in [3.05, 3.63) is 46.2 Å². The van der Waals surface area contributed by atoms with E-state index < -0.39 is 0 Å². The van der Waals surface area contributed by atoms with Crippen LogP contribution in [0.1, 0.15) is 24.1 Å². The van der Waals surface area contributed by atoms with E-state index in [1.54, 1.807) is 0 Å². The molecule has 2 N–H and O–H groups in total. The minimum absolute atomic E-state index is 0.0304. The van der Waals surface area contributed by atoms with Crippen LogP contribution in [0.4, 0.5) is 0 Å². The molecule has 1 aromatic carbocycles. The molecule has 0 amide bonds. The van der Waals surface area contributed by atoms with Gasteiger partial charge in [-0.2, -0.15) is 5.10 Å². The van der Waals surface area contributed by atoms with Crippen molar-refractivity contribution in [1.29, 1.82) is 0 Å². The van der Waals surface area contributed by atoms with E-state index in [4.69, 9.17) is 5.73 Å². The molecule has 16 heavy (non-hydrogen) atoms. The average Bonchev–Trinajstić information content (AvgIpc) is 2.64. The summed E-state index contributed by atoms with van der Waals surface area (Å²) in [7, 11) is 0. The molecule has 0 aliphatic carbocycles. The third kappa shape index (κ3) is 2.18. The van der Waals surface area contributed by atoms with Gasteiger partial charge in [-0.15, -0.1) is 0 Å². The van der Waals surface area contributed by atoms with Gasteiger partial charge in [-0.3, -0.25) is 0 Å². The fourth-order valence-electron chi connectivity index (χ4n) is 1.58. The second kappa shape index (κ2) is 4.39. The molecule has 2 rings (SSSR count). The number of nitrogens with two attached hydrogens (primary N) is 1. The van der Waals surface area contributed by atoms with Gasteiger partial charge in [0.15, 0.2) is 0 Å². The molecule has 2 aromatic rings. The molecule has 0 radical (unpaired) electrons. The largest absolute Gasteiger partial charge is 0.324 e. The summed E-state index contributed by atoms with van der Waals surface area (Å²) in [5.41, 5.74) is 9.14. The summed E-state index contributed by atoms with van der Waals surface area (Å²) in [5, 5.41) is 4.27. The van der Waals surface area contributed by atoms with Crippen molar-refractivity contribution in [1.82, 2.24) is 9.78 Å². The second-order valence-electron chi connectivity index (χ2n) is 3.96. The van der Waals surface area contributed by atoms with Crippen LogP contribution in [-0.2, 0) is 0 Å². The van der Waals surface area contributed by atoms with Crippen LogP contribution in [0.25, 0.3) is 5.69 Å². The summed E-state index contributed by atoms with van der Waals surface area (Å²) in [6.07, 6.45) is 3.83. The first-order chi connectivity index (χ1) is 7.58. The summed E-state index contributed by atoms with van der Waals surface area (Å²) >= 11 is 3.53. The molecule has 4 heteroatoms. The predicted octanol–water partition coefficient (Wildman–Crippen LogP) is 2.96. The van der Waals surface area contributed by atoms with E-state index in [9.17, 15) is 0 Å². The monoisotopic (exact) mass is 279 g/mol. The second-order valence-corrected chi connectivity index (χ2v) is 4.81. The van der Waals surface area contributed by atoms with Gasteiger partial charge in [0, 0.05) is 16.7 Å². The molecule has 84 valence electrons. The van der Waals surface area contributed by atoms with Crippen molar-refractivity contribution in [2.45, 2.75) is 19.9 Å². The summed E-state index contributed by atoms with van der Waals surface area (Å²) < 4.78 is 2.87. The van der Waals surface area contributed by atoms with Crippen LogP contribution >= 0.6 is 15.9 Å². The van der Waals surface area contributed by atoms with Gasteiger partial charge in [-0.1, -0.05) is 22.0 Å². The minimum Gasteiger partial charge on any atom is -0.324 e. The molecule has 1 heterocycles. The van der Waals surface area contributed by atoms with E-state index in [0.717, 1.165) is 21.3 Å². The summed E-state index contributed by atoms with van der Waals surface area (Å²) in [6, 6.07) is 6.12. The van der Waals surface area contributed by atoms with Crippen LogP contribution in [0.2, 0.25) is 0 Å². The molecule has 0 aliphatic rings. The standard InChI is InChI=1S/C12H14BrN3/c1-8-6-15-16(7-8)10-3-4-11(9(2)14)12(13)5-10/h3-7,9H,14H2,1-2H3. The number of rotatable bonds is 2. The number of aromatic nitrogens is 2. The van der Waals surface area contributed by atoms with E-state index in [-0.39, 0.29) is 6.04 Å². The van der Waals surface area contributed by atoms with Gasteiger partial charge in [0.1, 0.15) is 0 Å². The Labute approximate surface area is 103 Å². The van der Waals surface area contributed by atoms with E-state index in [0.29, 0.717) is 0 Å². The molecule has 1 aromatic heterocycles. The maximum absolute atomic E-state index is 5.85. The Kier molecular flexibility index (Phi) is 3.12. The lowest BCUT2D eigenvalue weighted by Crippen LogP contribution is -2.06. The fourth-order valence-corrected chi connectivity index (χ4v) is 2.31. The van der Waals surface area contributed by atoms with Crippen LogP contribution in [0, 0.1) is 6.92 Å². The minimum atomic E-state index is 0.0304. The maximum atomic E-state index is 5.85. The normalized spacial score (nSPS) is 12.8. The molecule has 0 saturated heterocycles. The van der Waals surface area contributed by atoms with Gasteiger partial charge in [-0.25, -0.2) is 4.68 Å². The lowest BCUT2D eigenvalue weighted by Gasteiger charge is -2.10. The highest BCUT2D eigenvalue weighted by Gasteiger charge is 2.06. The van der Waals surface area contributed by atoms with Crippen LogP contribution in [-0.4, -0.2) is 9.78 Å². The highest BCUT2D eigenvalue weighted by atomic mass is 79.9. The van der Waals surface area contributed by atoms with Gasteiger partial charge < -0.3 is 5.73 Å². The molecule has 1 atom stereocenters. The number of halogens is 1. The smallest absolute Gasteiger partial charge is 0.0657 e. The van der Waals surface area contributed by atoms with E-state index >= 15 is 0 Å². The van der Waals surface area contributed by atoms with Crippen LogP contribution in [0.5, 0.6) is 0 Å². The Morgan fingerprint density at radius 3 is 2.69 bits per heavy atom. The first-order valence-corrected chi connectivity index (χ1v) is 5.94. The van der Waals surface area contributed by atoms with Crippen LogP contribution < -0.4 is 5.73 Å². The van der Waals surface area contributed by atoms with Crippen molar-refractivity contribution < 1.29 is 0 Å². The van der Waals surface area contributed by atoms with Gasteiger partial charge in [-0.05, 0) is 37.1 Å². The topological polar surface area (TPSA) is 43.8 Å². The van der Waals surface area contributed by atoms with Gasteiger partial charge in [0.2, 0.25) is 0 Å². The molecule has 0 bridgehead atoms. The number of benzene rings is 1. The zero-order valence-corrected chi connectivity index (χ0v) is 10.9. The number of hydrogen-bond donors (Lipinski definition) is 1. The van der Waals surface area contributed by atoms with E-state index in [1.165, 1.54) is 0 Å². The van der Waals surface area contributed by atoms with Crippen molar-refractivity contribution in [2.75, 3.05) is 0 Å². The van der Waals surface area contributed by atoms with Gasteiger partial charge in [0.25, 0.3) is 0 Å². The Bertz CT molecular complexity index is 503. The Hall–Kier alpha value is -1.13. The third-order valence-corrected chi connectivity index (χ3v) is 3.14. The highest BCUT2D eigenvalue weighted by Crippen LogP contribution is 2.24. The third-order valence-electron chi connectivity index (χ3n) is 2.45. The van der Waals surface area contributed by atoms with Crippen molar-refractivity contribution in [3.8, 4) is 5.69 Å². The summed E-state index contributed by atoms with van der Waals surface area (Å²) in [6.45, 7) is 3.99. The van der Waals surface area contributed by atoms with E-state index in [2.05, 4.69) is 21.0 Å².